The average molecular weight is 226 g/mol. The van der Waals surface area contributed by atoms with Gasteiger partial charge < -0.3 is 11.1 Å². The summed E-state index contributed by atoms with van der Waals surface area (Å²) in [6.07, 6.45) is 9.40. The molecule has 1 rings (SSSR count). The van der Waals surface area contributed by atoms with Crippen LogP contribution in [-0.4, -0.2) is 18.6 Å². The van der Waals surface area contributed by atoms with Gasteiger partial charge in [-0.25, -0.2) is 0 Å². The van der Waals surface area contributed by atoms with Crippen molar-refractivity contribution in [3.8, 4) is 0 Å². The monoisotopic (exact) mass is 226 g/mol. The van der Waals surface area contributed by atoms with E-state index >= 15 is 0 Å². The van der Waals surface area contributed by atoms with Crippen LogP contribution in [0.15, 0.2) is 0 Å². The van der Waals surface area contributed by atoms with Crippen molar-refractivity contribution in [3.63, 3.8) is 0 Å². The summed E-state index contributed by atoms with van der Waals surface area (Å²) in [6, 6.07) is 0. The maximum absolute atomic E-state index is 5.96. The van der Waals surface area contributed by atoms with Crippen LogP contribution in [0.2, 0.25) is 0 Å². The Balaban J connectivity index is 2.06. The van der Waals surface area contributed by atoms with E-state index < -0.39 is 0 Å². The Morgan fingerprint density at radius 3 is 2.38 bits per heavy atom. The van der Waals surface area contributed by atoms with Crippen molar-refractivity contribution in [3.05, 3.63) is 0 Å². The average Bonchev–Trinajstić information content (AvgIpc) is 2.16. The molecule has 0 atom stereocenters. The fourth-order valence-electron chi connectivity index (χ4n) is 2.64. The Morgan fingerprint density at radius 2 is 1.81 bits per heavy atom. The van der Waals surface area contributed by atoms with Crippen molar-refractivity contribution in [2.24, 2.45) is 11.1 Å². The van der Waals surface area contributed by atoms with Crippen LogP contribution in [0.25, 0.3) is 0 Å². The van der Waals surface area contributed by atoms with E-state index in [1.54, 1.807) is 0 Å². The molecule has 0 aromatic carbocycles. The highest BCUT2D eigenvalue weighted by Crippen LogP contribution is 2.34. The van der Waals surface area contributed by atoms with Gasteiger partial charge in [0.2, 0.25) is 0 Å². The lowest BCUT2D eigenvalue weighted by Gasteiger charge is -2.34. The van der Waals surface area contributed by atoms with Crippen LogP contribution >= 0.6 is 0 Å². The number of hydrogen-bond acceptors (Lipinski definition) is 2. The molecule has 2 nitrogen and oxygen atoms in total. The second-order valence-electron chi connectivity index (χ2n) is 6.64. The molecule has 0 bridgehead atoms. The number of rotatable bonds is 6. The van der Waals surface area contributed by atoms with E-state index in [-0.39, 0.29) is 5.54 Å². The fraction of sp³-hybridized carbons (Fsp3) is 1.00. The summed E-state index contributed by atoms with van der Waals surface area (Å²) in [5.41, 5.74) is 6.52. The summed E-state index contributed by atoms with van der Waals surface area (Å²) in [5, 5.41) is 3.61. The largest absolute Gasteiger partial charge is 0.326 e. The Hall–Kier alpha value is -0.0800. The van der Waals surface area contributed by atoms with E-state index in [1.165, 1.54) is 45.1 Å². The topological polar surface area (TPSA) is 38.0 Å². The second-order valence-corrected chi connectivity index (χ2v) is 6.64. The van der Waals surface area contributed by atoms with Crippen molar-refractivity contribution in [2.45, 2.75) is 71.3 Å². The summed E-state index contributed by atoms with van der Waals surface area (Å²) < 4.78 is 0. The summed E-state index contributed by atoms with van der Waals surface area (Å²) in [5.74, 6) is 0. The van der Waals surface area contributed by atoms with E-state index in [9.17, 15) is 0 Å². The third kappa shape index (κ3) is 5.86. The maximum atomic E-state index is 5.96. The van der Waals surface area contributed by atoms with Crippen molar-refractivity contribution >= 4 is 0 Å². The molecule has 0 aliphatic heterocycles. The third-order valence-electron chi connectivity index (χ3n) is 3.79. The predicted octanol–water partition coefficient (Wildman–Crippen LogP) is 3.06. The molecule has 0 radical (unpaired) electrons. The highest BCUT2D eigenvalue weighted by Gasteiger charge is 2.25. The molecule has 2 heteroatoms. The molecule has 1 aliphatic carbocycles. The van der Waals surface area contributed by atoms with Crippen LogP contribution in [0.3, 0.4) is 0 Å². The van der Waals surface area contributed by atoms with Gasteiger partial charge in [0, 0.05) is 12.1 Å². The Bertz CT molecular complexity index is 187. The quantitative estimate of drug-likeness (QED) is 0.683. The van der Waals surface area contributed by atoms with Crippen LogP contribution in [0.5, 0.6) is 0 Å². The molecule has 0 spiro atoms. The number of hydrogen-bond donors (Lipinski definition) is 2. The van der Waals surface area contributed by atoms with Gasteiger partial charge in [-0.05, 0) is 51.5 Å². The smallest absolute Gasteiger partial charge is 0.00975 e. The minimum atomic E-state index is -0.00355. The minimum Gasteiger partial charge on any atom is -0.326 e. The molecule has 0 unspecified atom stereocenters. The van der Waals surface area contributed by atoms with Crippen LogP contribution in [0, 0.1) is 5.41 Å². The van der Waals surface area contributed by atoms with Gasteiger partial charge in [0.25, 0.3) is 0 Å². The first-order valence-electron chi connectivity index (χ1n) is 6.91. The van der Waals surface area contributed by atoms with Gasteiger partial charge in [0.15, 0.2) is 0 Å². The molecule has 1 saturated carbocycles. The SMILES string of the molecule is CC(C)(N)CCCNCC1(C)CCCCC1. The van der Waals surface area contributed by atoms with Crippen molar-refractivity contribution in [2.75, 3.05) is 13.1 Å². The van der Waals surface area contributed by atoms with E-state index in [1.807, 2.05) is 0 Å². The number of nitrogens with two attached hydrogens (primary N) is 1. The Morgan fingerprint density at radius 1 is 1.19 bits per heavy atom. The lowest BCUT2D eigenvalue weighted by Crippen LogP contribution is -2.36. The van der Waals surface area contributed by atoms with Crippen molar-refractivity contribution in [1.29, 1.82) is 0 Å². The van der Waals surface area contributed by atoms with Gasteiger partial charge >= 0.3 is 0 Å². The van der Waals surface area contributed by atoms with Crippen LogP contribution in [0.4, 0.5) is 0 Å². The molecule has 96 valence electrons. The zero-order chi connectivity index (χ0) is 12.1. The molecule has 1 fully saturated rings. The first-order valence-corrected chi connectivity index (χ1v) is 6.91. The molecule has 0 heterocycles. The van der Waals surface area contributed by atoms with Gasteiger partial charge in [-0.3, -0.25) is 0 Å². The molecular weight excluding hydrogens is 196 g/mol. The van der Waals surface area contributed by atoms with Crippen molar-refractivity contribution < 1.29 is 0 Å². The summed E-state index contributed by atoms with van der Waals surface area (Å²) in [4.78, 5) is 0. The van der Waals surface area contributed by atoms with Crippen LogP contribution < -0.4 is 11.1 Å². The summed E-state index contributed by atoms with van der Waals surface area (Å²) in [6.45, 7) is 8.96. The Labute approximate surface area is 101 Å². The summed E-state index contributed by atoms with van der Waals surface area (Å²) >= 11 is 0. The van der Waals surface area contributed by atoms with Gasteiger partial charge in [-0.15, -0.1) is 0 Å². The minimum absolute atomic E-state index is 0.00355. The first-order chi connectivity index (χ1) is 7.41. The molecule has 0 saturated heterocycles. The standard InChI is InChI=1S/C14H30N2/c1-13(2,15)8-7-11-16-12-14(3)9-5-4-6-10-14/h16H,4-12,15H2,1-3H3. The van der Waals surface area contributed by atoms with Crippen molar-refractivity contribution in [1.82, 2.24) is 5.32 Å². The predicted molar refractivity (Wildman–Crippen MR) is 71.6 cm³/mol. The Kier molecular flexibility index (Phi) is 5.26. The van der Waals surface area contributed by atoms with E-state index in [2.05, 4.69) is 26.1 Å². The first kappa shape index (κ1) is 14.0. The lowest BCUT2D eigenvalue weighted by atomic mass is 9.76. The summed E-state index contributed by atoms with van der Waals surface area (Å²) in [7, 11) is 0. The molecule has 3 N–H and O–H groups in total. The van der Waals surface area contributed by atoms with E-state index in [4.69, 9.17) is 5.73 Å². The van der Waals surface area contributed by atoms with Gasteiger partial charge in [-0.2, -0.15) is 0 Å². The maximum Gasteiger partial charge on any atom is 0.00975 e. The van der Waals surface area contributed by atoms with Crippen LogP contribution in [0.1, 0.15) is 65.7 Å². The number of nitrogens with one attached hydrogen (secondary N) is 1. The van der Waals surface area contributed by atoms with Gasteiger partial charge in [0.1, 0.15) is 0 Å². The normalized spacial score (nSPS) is 21.0. The van der Waals surface area contributed by atoms with Gasteiger partial charge in [0.05, 0.1) is 0 Å². The molecule has 0 aromatic heterocycles. The zero-order valence-electron chi connectivity index (χ0n) is 11.4. The molecule has 0 amide bonds. The lowest BCUT2D eigenvalue weighted by molar-refractivity contribution is 0.207. The molecule has 0 aromatic rings. The third-order valence-corrected chi connectivity index (χ3v) is 3.79. The van der Waals surface area contributed by atoms with Gasteiger partial charge in [-0.1, -0.05) is 26.2 Å². The zero-order valence-corrected chi connectivity index (χ0v) is 11.4. The van der Waals surface area contributed by atoms with E-state index in [0.717, 1.165) is 13.0 Å². The molecular formula is C14H30N2. The molecule has 1 aliphatic rings. The fourth-order valence-corrected chi connectivity index (χ4v) is 2.64. The molecule has 16 heavy (non-hydrogen) atoms. The van der Waals surface area contributed by atoms with E-state index in [0.29, 0.717) is 5.41 Å². The highest BCUT2D eigenvalue weighted by atomic mass is 14.9. The highest BCUT2D eigenvalue weighted by molar-refractivity contribution is 4.80. The van der Waals surface area contributed by atoms with Crippen LogP contribution in [-0.2, 0) is 0 Å². The second kappa shape index (κ2) is 6.02.